The molecule has 0 unspecified atom stereocenters. The molecule has 0 N–H and O–H groups in total. The lowest BCUT2D eigenvalue weighted by Gasteiger charge is -2.34. The van der Waals surface area contributed by atoms with Gasteiger partial charge >= 0.3 is 0 Å². The second-order valence-electron chi connectivity index (χ2n) is 4.82. The smallest absolute Gasteiger partial charge is 0.222 e. The van der Waals surface area contributed by atoms with Crippen LogP contribution in [0.15, 0.2) is 17.5 Å². The van der Waals surface area contributed by atoms with Crippen LogP contribution in [0.25, 0.3) is 0 Å². The van der Waals surface area contributed by atoms with Gasteiger partial charge in [0.15, 0.2) is 0 Å². The van der Waals surface area contributed by atoms with Crippen molar-refractivity contribution in [1.82, 2.24) is 9.80 Å². The Morgan fingerprint density at radius 3 is 2.47 bits per heavy atom. The number of nitrogens with zero attached hydrogens (tertiary/aromatic N) is 2. The van der Waals surface area contributed by atoms with E-state index in [9.17, 15) is 9.59 Å². The molecule has 19 heavy (non-hydrogen) atoms. The zero-order chi connectivity index (χ0) is 13.7. The number of hydrogen-bond donors (Lipinski definition) is 0. The van der Waals surface area contributed by atoms with Crippen LogP contribution in [-0.2, 0) is 16.0 Å². The summed E-state index contributed by atoms with van der Waals surface area (Å²) in [6.07, 6.45) is 2.50. The van der Waals surface area contributed by atoms with Gasteiger partial charge in [-0.3, -0.25) is 9.59 Å². The monoisotopic (exact) mass is 280 g/mol. The average Bonchev–Trinajstić information content (AvgIpc) is 2.92. The third-order valence-electron chi connectivity index (χ3n) is 3.47. The molecule has 0 aromatic carbocycles. The summed E-state index contributed by atoms with van der Waals surface area (Å²) >= 11 is 1.74. The summed E-state index contributed by atoms with van der Waals surface area (Å²) in [6, 6.07) is 4.16. The van der Waals surface area contributed by atoms with Crippen molar-refractivity contribution in [3.8, 4) is 0 Å². The van der Waals surface area contributed by atoms with E-state index in [1.807, 2.05) is 11.0 Å². The van der Waals surface area contributed by atoms with Crippen molar-refractivity contribution in [3.63, 3.8) is 0 Å². The summed E-state index contributed by atoms with van der Waals surface area (Å²) in [6.45, 7) is 4.28. The van der Waals surface area contributed by atoms with Crippen LogP contribution in [-0.4, -0.2) is 47.8 Å². The molecule has 1 aliphatic heterocycles. The van der Waals surface area contributed by atoms with Gasteiger partial charge in [-0.2, -0.15) is 0 Å². The molecular weight excluding hydrogens is 260 g/mol. The van der Waals surface area contributed by atoms with Gasteiger partial charge < -0.3 is 9.80 Å². The predicted molar refractivity (Wildman–Crippen MR) is 76.1 cm³/mol. The van der Waals surface area contributed by atoms with Crippen molar-refractivity contribution in [3.05, 3.63) is 22.4 Å². The van der Waals surface area contributed by atoms with Crippen LogP contribution < -0.4 is 0 Å². The number of hydrogen-bond acceptors (Lipinski definition) is 3. The van der Waals surface area contributed by atoms with Gasteiger partial charge in [0, 0.05) is 44.4 Å². The van der Waals surface area contributed by atoms with E-state index in [4.69, 9.17) is 0 Å². The standard InChI is InChI=1S/C14H20N2O2S/c1-12(17)15-7-9-16(10-8-15)14(18)6-2-4-13-5-3-11-19-13/h3,5,11H,2,4,6-10H2,1H3. The predicted octanol–water partition coefficient (Wildman–Crippen LogP) is 1.76. The molecule has 0 bridgehead atoms. The summed E-state index contributed by atoms with van der Waals surface area (Å²) in [5, 5.41) is 2.07. The van der Waals surface area contributed by atoms with E-state index in [0.717, 1.165) is 12.8 Å². The number of aryl methyl sites for hydroxylation is 1. The Hall–Kier alpha value is -1.36. The first kappa shape index (κ1) is 14.1. The van der Waals surface area contributed by atoms with Crippen LogP contribution >= 0.6 is 11.3 Å². The Bertz CT molecular complexity index is 423. The van der Waals surface area contributed by atoms with Gasteiger partial charge in [-0.15, -0.1) is 11.3 Å². The fraction of sp³-hybridized carbons (Fsp3) is 0.571. The van der Waals surface area contributed by atoms with Crippen LogP contribution in [0.1, 0.15) is 24.6 Å². The number of carbonyl (C=O) groups is 2. The molecule has 1 aliphatic rings. The Balaban J connectivity index is 1.68. The third kappa shape index (κ3) is 4.06. The lowest BCUT2D eigenvalue weighted by Crippen LogP contribution is -2.50. The molecule has 0 radical (unpaired) electrons. The third-order valence-corrected chi connectivity index (χ3v) is 4.41. The second-order valence-corrected chi connectivity index (χ2v) is 5.85. The molecule has 1 aromatic rings. The Morgan fingerprint density at radius 2 is 1.89 bits per heavy atom. The Labute approximate surface area is 118 Å². The maximum absolute atomic E-state index is 12.0. The van der Waals surface area contributed by atoms with Gasteiger partial charge in [0.05, 0.1) is 0 Å². The topological polar surface area (TPSA) is 40.6 Å². The molecule has 1 aromatic heterocycles. The highest BCUT2D eigenvalue weighted by Crippen LogP contribution is 2.13. The average molecular weight is 280 g/mol. The van der Waals surface area contributed by atoms with Crippen molar-refractivity contribution in [2.24, 2.45) is 0 Å². The highest BCUT2D eigenvalue weighted by Gasteiger charge is 2.21. The molecule has 2 rings (SSSR count). The zero-order valence-electron chi connectivity index (χ0n) is 11.3. The first-order chi connectivity index (χ1) is 9.16. The Morgan fingerprint density at radius 1 is 1.21 bits per heavy atom. The minimum absolute atomic E-state index is 0.102. The molecule has 1 saturated heterocycles. The minimum Gasteiger partial charge on any atom is -0.339 e. The fourth-order valence-corrected chi connectivity index (χ4v) is 3.05. The number of thiophene rings is 1. The molecule has 1 fully saturated rings. The maximum atomic E-state index is 12.0. The number of carbonyl (C=O) groups excluding carboxylic acids is 2. The summed E-state index contributed by atoms with van der Waals surface area (Å²) in [5.41, 5.74) is 0. The van der Waals surface area contributed by atoms with E-state index in [-0.39, 0.29) is 11.8 Å². The fourth-order valence-electron chi connectivity index (χ4n) is 2.30. The van der Waals surface area contributed by atoms with E-state index in [2.05, 4.69) is 11.4 Å². The maximum Gasteiger partial charge on any atom is 0.222 e. The van der Waals surface area contributed by atoms with Crippen LogP contribution in [0.3, 0.4) is 0 Å². The minimum atomic E-state index is 0.102. The highest BCUT2D eigenvalue weighted by atomic mass is 32.1. The van der Waals surface area contributed by atoms with Crippen molar-refractivity contribution in [2.45, 2.75) is 26.2 Å². The lowest BCUT2D eigenvalue weighted by molar-refractivity contribution is -0.138. The van der Waals surface area contributed by atoms with Crippen molar-refractivity contribution >= 4 is 23.2 Å². The molecule has 4 nitrogen and oxygen atoms in total. The Kier molecular flexibility index (Phi) is 4.96. The van der Waals surface area contributed by atoms with Crippen LogP contribution in [0, 0.1) is 0 Å². The first-order valence-corrected chi connectivity index (χ1v) is 7.60. The van der Waals surface area contributed by atoms with E-state index < -0.39 is 0 Å². The molecule has 0 atom stereocenters. The normalized spacial score (nSPS) is 15.6. The molecular formula is C14H20N2O2S. The molecule has 5 heteroatoms. The summed E-state index contributed by atoms with van der Waals surface area (Å²) in [7, 11) is 0. The summed E-state index contributed by atoms with van der Waals surface area (Å²) in [4.78, 5) is 28.3. The van der Waals surface area contributed by atoms with Crippen molar-refractivity contribution < 1.29 is 9.59 Å². The van der Waals surface area contributed by atoms with Crippen molar-refractivity contribution in [2.75, 3.05) is 26.2 Å². The molecule has 0 saturated carbocycles. The van der Waals surface area contributed by atoms with Gasteiger partial charge in [-0.1, -0.05) is 6.07 Å². The van der Waals surface area contributed by atoms with Gasteiger partial charge in [0.2, 0.25) is 11.8 Å². The number of amides is 2. The van der Waals surface area contributed by atoms with Crippen molar-refractivity contribution in [1.29, 1.82) is 0 Å². The SMILES string of the molecule is CC(=O)N1CCN(C(=O)CCCc2cccs2)CC1. The molecule has 2 amide bonds. The largest absolute Gasteiger partial charge is 0.339 e. The quantitative estimate of drug-likeness (QED) is 0.843. The zero-order valence-corrected chi connectivity index (χ0v) is 12.1. The summed E-state index contributed by atoms with van der Waals surface area (Å²) in [5.74, 6) is 0.324. The number of piperazine rings is 1. The van der Waals surface area contributed by atoms with E-state index in [1.54, 1.807) is 23.2 Å². The van der Waals surface area contributed by atoms with E-state index in [0.29, 0.717) is 32.6 Å². The molecule has 2 heterocycles. The molecule has 0 spiro atoms. The van der Waals surface area contributed by atoms with E-state index in [1.165, 1.54) is 4.88 Å². The van der Waals surface area contributed by atoms with Gasteiger partial charge in [-0.05, 0) is 24.3 Å². The van der Waals surface area contributed by atoms with Gasteiger partial charge in [0.25, 0.3) is 0 Å². The van der Waals surface area contributed by atoms with E-state index >= 15 is 0 Å². The number of rotatable bonds is 4. The van der Waals surface area contributed by atoms with Gasteiger partial charge in [-0.25, -0.2) is 0 Å². The lowest BCUT2D eigenvalue weighted by atomic mass is 10.2. The molecule has 104 valence electrons. The van der Waals surface area contributed by atoms with Crippen LogP contribution in [0.2, 0.25) is 0 Å². The molecule has 0 aliphatic carbocycles. The van der Waals surface area contributed by atoms with Gasteiger partial charge in [0.1, 0.15) is 0 Å². The van der Waals surface area contributed by atoms with Crippen LogP contribution in [0.5, 0.6) is 0 Å². The second kappa shape index (κ2) is 6.70. The van der Waals surface area contributed by atoms with Crippen LogP contribution in [0.4, 0.5) is 0 Å². The highest BCUT2D eigenvalue weighted by molar-refractivity contribution is 7.09. The first-order valence-electron chi connectivity index (χ1n) is 6.72. The summed E-state index contributed by atoms with van der Waals surface area (Å²) < 4.78 is 0.